The number of ether oxygens (including phenoxy) is 1. The van der Waals surface area contributed by atoms with E-state index < -0.39 is 29.5 Å². The average molecular weight is 297 g/mol. The Bertz CT molecular complexity index is 436. The molecule has 16 heavy (non-hydrogen) atoms. The van der Waals surface area contributed by atoms with Crippen molar-refractivity contribution in [2.24, 2.45) is 0 Å². The lowest BCUT2D eigenvalue weighted by Gasteiger charge is -2.13. The van der Waals surface area contributed by atoms with Crippen LogP contribution in [0.1, 0.15) is 11.7 Å². The maximum Gasteiger partial charge on any atom is 0.337 e. The third-order valence-electron chi connectivity index (χ3n) is 1.88. The molecule has 0 fully saturated rings. The molecule has 88 valence electrons. The van der Waals surface area contributed by atoms with Gasteiger partial charge in [-0.3, -0.25) is 0 Å². The average Bonchev–Trinajstić information content (AvgIpc) is 2.24. The van der Waals surface area contributed by atoms with Crippen LogP contribution in [-0.4, -0.2) is 23.3 Å². The zero-order valence-electron chi connectivity index (χ0n) is 8.00. The molecule has 0 bridgehead atoms. The molecule has 0 aliphatic rings. The number of hydrogen-bond donors (Lipinski definition) is 2. The first-order valence-corrected chi connectivity index (χ1v) is 4.81. The van der Waals surface area contributed by atoms with E-state index in [0.29, 0.717) is 0 Å². The highest BCUT2D eigenvalue weighted by molar-refractivity contribution is 9.10. The van der Waals surface area contributed by atoms with Gasteiger partial charge in [0.1, 0.15) is 0 Å². The number of carbonyl (C=O) groups is 1. The van der Waals surface area contributed by atoms with Gasteiger partial charge >= 0.3 is 5.97 Å². The molecular formula is C9H7BrF2O4. The summed E-state index contributed by atoms with van der Waals surface area (Å²) in [5.74, 6) is -4.78. The van der Waals surface area contributed by atoms with Crippen LogP contribution in [-0.2, 0) is 4.79 Å². The van der Waals surface area contributed by atoms with E-state index in [1.807, 2.05) is 0 Å². The molecule has 0 aliphatic heterocycles. The van der Waals surface area contributed by atoms with Gasteiger partial charge in [-0.25, -0.2) is 9.18 Å². The van der Waals surface area contributed by atoms with Gasteiger partial charge in [0.15, 0.2) is 17.7 Å². The van der Waals surface area contributed by atoms with E-state index in [9.17, 15) is 18.7 Å². The third-order valence-corrected chi connectivity index (χ3v) is 2.46. The first-order chi connectivity index (χ1) is 7.40. The van der Waals surface area contributed by atoms with Crippen LogP contribution >= 0.6 is 15.9 Å². The lowest BCUT2D eigenvalue weighted by atomic mass is 10.1. The number of aliphatic hydroxyl groups excluding tert-OH is 1. The number of benzene rings is 1. The summed E-state index contributed by atoms with van der Waals surface area (Å²) in [7, 11) is 1.05. The molecule has 4 nitrogen and oxygen atoms in total. The molecule has 1 unspecified atom stereocenters. The number of aliphatic hydroxyl groups is 1. The van der Waals surface area contributed by atoms with Crippen molar-refractivity contribution in [1.82, 2.24) is 0 Å². The highest BCUT2D eigenvalue weighted by Crippen LogP contribution is 2.34. The van der Waals surface area contributed by atoms with Gasteiger partial charge in [-0.2, -0.15) is 4.39 Å². The van der Waals surface area contributed by atoms with Crippen molar-refractivity contribution >= 4 is 21.9 Å². The molecule has 1 aromatic carbocycles. The fourth-order valence-electron chi connectivity index (χ4n) is 1.14. The predicted octanol–water partition coefficient (Wildman–Crippen LogP) is 1.85. The summed E-state index contributed by atoms with van der Waals surface area (Å²) < 4.78 is 30.6. The van der Waals surface area contributed by atoms with Crippen molar-refractivity contribution in [2.45, 2.75) is 6.10 Å². The Labute approximate surface area is 97.6 Å². The van der Waals surface area contributed by atoms with Crippen molar-refractivity contribution in [3.63, 3.8) is 0 Å². The van der Waals surface area contributed by atoms with Crippen molar-refractivity contribution < 1.29 is 28.5 Å². The second kappa shape index (κ2) is 4.75. The molecule has 0 heterocycles. The molecule has 0 saturated carbocycles. The molecule has 0 aromatic heterocycles. The normalized spacial score (nSPS) is 12.3. The molecule has 7 heteroatoms. The minimum absolute atomic E-state index is 0.291. The molecule has 0 aliphatic carbocycles. The quantitative estimate of drug-likeness (QED) is 0.836. The van der Waals surface area contributed by atoms with Crippen LogP contribution in [0.5, 0.6) is 5.75 Å². The smallest absolute Gasteiger partial charge is 0.337 e. The highest BCUT2D eigenvalue weighted by Gasteiger charge is 2.26. The molecule has 1 aromatic rings. The van der Waals surface area contributed by atoms with Gasteiger partial charge in [0.25, 0.3) is 0 Å². The van der Waals surface area contributed by atoms with E-state index in [1.54, 1.807) is 0 Å². The van der Waals surface area contributed by atoms with Crippen molar-refractivity contribution in [1.29, 1.82) is 0 Å². The summed E-state index contributed by atoms with van der Waals surface area (Å²) in [5.41, 5.74) is -0.360. The van der Waals surface area contributed by atoms with E-state index in [4.69, 9.17) is 5.11 Å². The Morgan fingerprint density at radius 3 is 2.50 bits per heavy atom. The monoisotopic (exact) mass is 296 g/mol. The number of aliphatic carboxylic acids is 1. The number of carboxylic acid groups (broad SMARTS) is 1. The van der Waals surface area contributed by atoms with Gasteiger partial charge in [-0.05, 0) is 22.0 Å². The molecule has 2 N–H and O–H groups in total. The maximum atomic E-state index is 13.3. The van der Waals surface area contributed by atoms with Crippen LogP contribution in [0.25, 0.3) is 0 Å². The van der Waals surface area contributed by atoms with E-state index >= 15 is 0 Å². The first kappa shape index (κ1) is 12.9. The number of halogens is 3. The van der Waals surface area contributed by atoms with E-state index in [2.05, 4.69) is 20.7 Å². The van der Waals surface area contributed by atoms with Crippen LogP contribution in [0.3, 0.4) is 0 Å². The van der Waals surface area contributed by atoms with Gasteiger partial charge in [0.2, 0.25) is 5.82 Å². The van der Waals surface area contributed by atoms with Crippen LogP contribution in [0.15, 0.2) is 10.5 Å². The molecular weight excluding hydrogens is 290 g/mol. The number of rotatable bonds is 3. The summed E-state index contributed by atoms with van der Waals surface area (Å²) in [6, 6.07) is 0.954. The van der Waals surface area contributed by atoms with Crippen LogP contribution in [0.2, 0.25) is 0 Å². The minimum Gasteiger partial charge on any atom is -0.493 e. The van der Waals surface area contributed by atoms with Gasteiger partial charge in [-0.15, -0.1) is 0 Å². The molecule has 1 atom stereocenters. The first-order valence-electron chi connectivity index (χ1n) is 4.02. The zero-order chi connectivity index (χ0) is 12.5. The van der Waals surface area contributed by atoms with Crippen molar-refractivity contribution in [3.05, 3.63) is 27.7 Å². The molecule has 0 spiro atoms. The number of carboxylic acids is 1. The van der Waals surface area contributed by atoms with E-state index in [-0.39, 0.29) is 10.0 Å². The molecule has 0 amide bonds. The summed E-state index contributed by atoms with van der Waals surface area (Å²) in [6.07, 6.45) is -1.98. The van der Waals surface area contributed by atoms with Gasteiger partial charge in [-0.1, -0.05) is 0 Å². The van der Waals surface area contributed by atoms with Crippen molar-refractivity contribution in [2.75, 3.05) is 7.11 Å². The molecule has 0 saturated heterocycles. The Morgan fingerprint density at radius 2 is 2.06 bits per heavy atom. The standard InChI is InChI=1S/C9H7BrF2O4/c1-16-8-3(7(13)9(14)15)2-4(10)5(11)6(8)12/h2,7,13H,1H3,(H,14,15). The lowest BCUT2D eigenvalue weighted by molar-refractivity contribution is -0.147. The lowest BCUT2D eigenvalue weighted by Crippen LogP contribution is -2.13. The minimum atomic E-state index is -1.98. The summed E-state index contributed by atoms with van der Waals surface area (Å²) >= 11 is 2.70. The Hall–Kier alpha value is -1.21. The third kappa shape index (κ3) is 2.14. The number of hydrogen-bond acceptors (Lipinski definition) is 3. The fourth-order valence-corrected chi connectivity index (χ4v) is 1.56. The van der Waals surface area contributed by atoms with E-state index in [0.717, 1.165) is 13.2 Å². The number of methoxy groups -OCH3 is 1. The molecule has 0 radical (unpaired) electrons. The summed E-state index contributed by atoms with van der Waals surface area (Å²) in [4.78, 5) is 10.5. The highest BCUT2D eigenvalue weighted by atomic mass is 79.9. The maximum absolute atomic E-state index is 13.3. The summed E-state index contributed by atoms with van der Waals surface area (Å²) in [6.45, 7) is 0. The zero-order valence-corrected chi connectivity index (χ0v) is 9.59. The second-order valence-electron chi connectivity index (χ2n) is 2.85. The van der Waals surface area contributed by atoms with E-state index in [1.165, 1.54) is 0 Å². The predicted molar refractivity (Wildman–Crippen MR) is 53.2 cm³/mol. The fraction of sp³-hybridized carbons (Fsp3) is 0.222. The van der Waals surface area contributed by atoms with Crippen LogP contribution in [0, 0.1) is 11.6 Å². The largest absolute Gasteiger partial charge is 0.493 e. The topological polar surface area (TPSA) is 66.8 Å². The van der Waals surface area contributed by atoms with Gasteiger partial charge in [0, 0.05) is 5.56 Å². The Balaban J connectivity index is 3.44. The van der Waals surface area contributed by atoms with Crippen LogP contribution in [0.4, 0.5) is 8.78 Å². The molecule has 1 rings (SSSR count). The SMILES string of the molecule is COc1c(C(O)C(=O)O)cc(Br)c(F)c1F. The second-order valence-corrected chi connectivity index (χ2v) is 3.70. The summed E-state index contributed by atoms with van der Waals surface area (Å²) in [5, 5.41) is 17.8. The Morgan fingerprint density at radius 1 is 1.50 bits per heavy atom. The van der Waals surface area contributed by atoms with Crippen LogP contribution < -0.4 is 4.74 Å². The van der Waals surface area contributed by atoms with Gasteiger partial charge < -0.3 is 14.9 Å². The Kier molecular flexibility index (Phi) is 3.82. The van der Waals surface area contributed by atoms with Crippen molar-refractivity contribution in [3.8, 4) is 5.75 Å². The van der Waals surface area contributed by atoms with Gasteiger partial charge in [0.05, 0.1) is 11.6 Å².